The van der Waals surface area contributed by atoms with Gasteiger partial charge in [0.15, 0.2) is 0 Å². The van der Waals surface area contributed by atoms with Crippen molar-refractivity contribution < 1.29 is 0 Å². The maximum Gasteiger partial charge on any atom is 0.252 e. The minimum atomic E-state index is -0.493. The number of rotatable bonds is 6. The molecule has 0 aromatic carbocycles. The van der Waals surface area contributed by atoms with Crippen LogP contribution in [0.5, 0.6) is 0 Å². The highest BCUT2D eigenvalue weighted by Crippen LogP contribution is 2.11. The molecule has 1 unspecified atom stereocenters. The summed E-state index contributed by atoms with van der Waals surface area (Å²) in [6.07, 6.45) is 3.08. The Morgan fingerprint density at radius 3 is 2.82 bits per heavy atom. The van der Waals surface area contributed by atoms with E-state index in [-0.39, 0.29) is 5.82 Å². The van der Waals surface area contributed by atoms with Crippen LogP contribution in [-0.2, 0) is 6.54 Å². The molecular formula is C11H16N6. The zero-order valence-corrected chi connectivity index (χ0v) is 10.1. The lowest BCUT2D eigenvalue weighted by molar-refractivity contribution is 0.397. The second-order valence-electron chi connectivity index (χ2n) is 4.02. The maximum atomic E-state index is 9.07. The Labute approximate surface area is 101 Å². The Morgan fingerprint density at radius 2 is 2.29 bits per heavy atom. The van der Waals surface area contributed by atoms with Crippen LogP contribution >= 0.6 is 0 Å². The van der Waals surface area contributed by atoms with Gasteiger partial charge in [0.05, 0.1) is 6.07 Å². The van der Waals surface area contributed by atoms with Crippen molar-refractivity contribution in [2.45, 2.75) is 38.8 Å². The number of aromatic nitrogens is 3. The highest BCUT2D eigenvalue weighted by molar-refractivity contribution is 5.05. The molecule has 17 heavy (non-hydrogen) atoms. The molecule has 1 N–H and O–H groups in total. The highest BCUT2D eigenvalue weighted by atomic mass is 15.3. The Balaban J connectivity index is 2.42. The molecule has 0 aliphatic carbocycles. The molecule has 0 spiro atoms. The zero-order chi connectivity index (χ0) is 12.7. The predicted octanol–water partition coefficient (Wildman–Crippen LogP) is 0.822. The van der Waals surface area contributed by atoms with E-state index in [2.05, 4.69) is 21.5 Å². The van der Waals surface area contributed by atoms with E-state index in [9.17, 15) is 0 Å². The van der Waals surface area contributed by atoms with Gasteiger partial charge < -0.3 is 0 Å². The number of nitrogens with zero attached hydrogens (tertiary/aromatic N) is 5. The first-order valence-electron chi connectivity index (χ1n) is 5.59. The van der Waals surface area contributed by atoms with Crippen LogP contribution in [0, 0.1) is 22.7 Å². The van der Waals surface area contributed by atoms with Crippen molar-refractivity contribution in [3.8, 4) is 12.1 Å². The van der Waals surface area contributed by atoms with Crippen molar-refractivity contribution in [2.75, 3.05) is 6.54 Å². The normalized spacial score (nSPS) is 13.6. The second-order valence-corrected chi connectivity index (χ2v) is 4.02. The maximum absolute atomic E-state index is 9.07. The minimum Gasteiger partial charge on any atom is -0.300 e. The van der Waals surface area contributed by atoms with Gasteiger partial charge in [0, 0.05) is 6.54 Å². The third-order valence-electron chi connectivity index (χ3n) is 2.51. The number of hydrogen-bond donors (Lipinski definition) is 1. The third kappa shape index (κ3) is 3.86. The van der Waals surface area contributed by atoms with Gasteiger partial charge in [-0.05, 0) is 26.3 Å². The van der Waals surface area contributed by atoms with Gasteiger partial charge in [-0.25, -0.2) is 4.98 Å². The predicted molar refractivity (Wildman–Crippen MR) is 61.7 cm³/mol. The van der Waals surface area contributed by atoms with E-state index < -0.39 is 5.54 Å². The minimum absolute atomic E-state index is 0.180. The molecule has 0 radical (unpaired) electrons. The van der Waals surface area contributed by atoms with Crippen molar-refractivity contribution in [3.05, 3.63) is 12.2 Å². The second kappa shape index (κ2) is 5.97. The lowest BCUT2D eigenvalue weighted by Crippen LogP contribution is -2.40. The summed E-state index contributed by atoms with van der Waals surface area (Å²) in [5, 5.41) is 24.8. The molecule has 0 saturated carbocycles. The van der Waals surface area contributed by atoms with Gasteiger partial charge in [0.25, 0.3) is 5.82 Å². The van der Waals surface area contributed by atoms with Crippen LogP contribution in [0.1, 0.15) is 32.5 Å². The quantitative estimate of drug-likeness (QED) is 0.784. The first-order valence-corrected chi connectivity index (χ1v) is 5.59. The van der Waals surface area contributed by atoms with Crippen LogP contribution < -0.4 is 5.32 Å². The third-order valence-corrected chi connectivity index (χ3v) is 2.51. The molecule has 1 atom stereocenters. The molecule has 90 valence electrons. The summed E-state index contributed by atoms with van der Waals surface area (Å²) in [4.78, 5) is 3.82. The molecule has 1 rings (SSSR count). The van der Waals surface area contributed by atoms with E-state index in [4.69, 9.17) is 10.5 Å². The van der Waals surface area contributed by atoms with Crippen molar-refractivity contribution in [2.24, 2.45) is 0 Å². The van der Waals surface area contributed by atoms with Crippen LogP contribution in [0.2, 0.25) is 0 Å². The largest absolute Gasteiger partial charge is 0.300 e. The van der Waals surface area contributed by atoms with Gasteiger partial charge in [0.2, 0.25) is 0 Å². The molecule has 6 heteroatoms. The summed E-state index contributed by atoms with van der Waals surface area (Å²) < 4.78 is 1.63. The first-order chi connectivity index (χ1) is 8.13. The summed E-state index contributed by atoms with van der Waals surface area (Å²) >= 11 is 0. The molecule has 1 heterocycles. The van der Waals surface area contributed by atoms with Crippen LogP contribution in [0.4, 0.5) is 0 Å². The summed E-state index contributed by atoms with van der Waals surface area (Å²) in [5.74, 6) is 0.180. The monoisotopic (exact) mass is 232 g/mol. The number of nitriles is 2. The summed E-state index contributed by atoms with van der Waals surface area (Å²) in [6, 6.07) is 4.15. The molecule has 1 aromatic rings. The molecular weight excluding hydrogens is 216 g/mol. The Morgan fingerprint density at radius 1 is 1.53 bits per heavy atom. The van der Waals surface area contributed by atoms with Gasteiger partial charge in [-0.1, -0.05) is 6.92 Å². The summed E-state index contributed by atoms with van der Waals surface area (Å²) in [7, 11) is 0. The Kier molecular flexibility index (Phi) is 4.62. The molecule has 0 aliphatic heterocycles. The molecule has 0 bridgehead atoms. The molecule has 0 amide bonds. The van der Waals surface area contributed by atoms with E-state index in [0.717, 1.165) is 19.4 Å². The van der Waals surface area contributed by atoms with Gasteiger partial charge in [-0.2, -0.15) is 10.5 Å². The van der Waals surface area contributed by atoms with Gasteiger partial charge in [0.1, 0.15) is 17.9 Å². The summed E-state index contributed by atoms with van der Waals surface area (Å²) in [6.45, 7) is 5.30. The fraction of sp³-hybridized carbons (Fsp3) is 0.636. The van der Waals surface area contributed by atoms with E-state index in [1.807, 2.05) is 19.9 Å². The summed E-state index contributed by atoms with van der Waals surface area (Å²) in [5.41, 5.74) is -0.493. The smallest absolute Gasteiger partial charge is 0.252 e. The van der Waals surface area contributed by atoms with Crippen molar-refractivity contribution in [1.29, 1.82) is 10.5 Å². The van der Waals surface area contributed by atoms with Gasteiger partial charge >= 0.3 is 0 Å². The van der Waals surface area contributed by atoms with Crippen molar-refractivity contribution in [3.63, 3.8) is 0 Å². The van der Waals surface area contributed by atoms with Gasteiger partial charge in [-0.15, -0.1) is 5.10 Å². The van der Waals surface area contributed by atoms with E-state index in [1.165, 1.54) is 6.33 Å². The van der Waals surface area contributed by atoms with E-state index in [0.29, 0.717) is 6.54 Å². The topological polar surface area (TPSA) is 90.3 Å². The average Bonchev–Trinajstić information content (AvgIpc) is 2.77. The highest BCUT2D eigenvalue weighted by Gasteiger charge is 2.21. The van der Waals surface area contributed by atoms with Crippen LogP contribution in [0.15, 0.2) is 6.33 Å². The number of hydrogen-bond acceptors (Lipinski definition) is 5. The fourth-order valence-electron chi connectivity index (χ4n) is 1.62. The Bertz CT molecular complexity index is 438. The standard InChI is InChI=1S/C11H16N6/c1-3-15-11(2,8-13)5-4-6-17-9-14-10(7-12)16-17/h9,15H,3-6H2,1-2H3. The fourth-order valence-corrected chi connectivity index (χ4v) is 1.62. The molecule has 0 aliphatic rings. The average molecular weight is 232 g/mol. The Hall–Kier alpha value is -1.92. The van der Waals surface area contributed by atoms with E-state index >= 15 is 0 Å². The zero-order valence-electron chi connectivity index (χ0n) is 10.1. The number of aryl methyl sites for hydroxylation is 1. The van der Waals surface area contributed by atoms with E-state index in [1.54, 1.807) is 4.68 Å². The van der Waals surface area contributed by atoms with Crippen LogP contribution in [0.25, 0.3) is 0 Å². The SMILES string of the molecule is CCNC(C)(C#N)CCCn1cnc(C#N)n1. The van der Waals surface area contributed by atoms with Crippen molar-refractivity contribution in [1.82, 2.24) is 20.1 Å². The molecule has 0 fully saturated rings. The van der Waals surface area contributed by atoms with Crippen molar-refractivity contribution >= 4 is 0 Å². The molecule has 0 saturated heterocycles. The van der Waals surface area contributed by atoms with Crippen LogP contribution in [0.3, 0.4) is 0 Å². The van der Waals surface area contributed by atoms with Crippen LogP contribution in [-0.4, -0.2) is 26.8 Å². The molecule has 6 nitrogen and oxygen atoms in total. The van der Waals surface area contributed by atoms with Gasteiger partial charge in [-0.3, -0.25) is 10.00 Å². The molecule has 1 aromatic heterocycles. The number of nitrogens with one attached hydrogen (secondary N) is 1. The lowest BCUT2D eigenvalue weighted by Gasteiger charge is -2.22. The first kappa shape index (κ1) is 13.1. The lowest BCUT2D eigenvalue weighted by atomic mass is 9.98.